The minimum atomic E-state index is 0.151. The molecule has 0 bridgehead atoms. The highest BCUT2D eigenvalue weighted by atomic mass is 16.5. The molecule has 2 heteroatoms. The summed E-state index contributed by atoms with van der Waals surface area (Å²) in [6.45, 7) is 7.45. The Bertz CT molecular complexity index is 819. The topological polar surface area (TPSA) is 18.5 Å². The van der Waals surface area contributed by atoms with Crippen molar-refractivity contribution in [2.24, 2.45) is 5.92 Å². The van der Waals surface area contributed by atoms with Crippen LogP contribution in [0.15, 0.2) is 78.1 Å². The predicted molar refractivity (Wildman–Crippen MR) is 122 cm³/mol. The van der Waals surface area contributed by atoms with Gasteiger partial charge in [-0.15, -0.1) is 0 Å². The average molecular weight is 391 g/mol. The molecule has 3 rings (SSSR count). The van der Waals surface area contributed by atoms with Gasteiger partial charge in [0.2, 0.25) is 0 Å². The first-order valence-corrected chi connectivity index (χ1v) is 11.0. The molecule has 0 radical (unpaired) electrons. The molecule has 0 spiro atoms. The Morgan fingerprint density at radius 1 is 0.862 bits per heavy atom. The van der Waals surface area contributed by atoms with Gasteiger partial charge >= 0.3 is 0 Å². The second-order valence-electron chi connectivity index (χ2n) is 7.99. The molecule has 2 aromatic carbocycles. The second kappa shape index (κ2) is 11.0. The molecule has 0 aliphatic heterocycles. The molecule has 2 aromatic rings. The molecule has 1 aliphatic rings. The molecule has 0 amide bonds. The Kier molecular flexibility index (Phi) is 8.13. The molecule has 2 atom stereocenters. The van der Waals surface area contributed by atoms with Crippen molar-refractivity contribution in [2.75, 3.05) is 6.61 Å². The number of allylic oxidation sites excluding steroid dienone is 1. The van der Waals surface area contributed by atoms with Crippen molar-refractivity contribution in [1.82, 2.24) is 0 Å². The molecular weight excluding hydrogens is 356 g/mol. The highest BCUT2D eigenvalue weighted by Crippen LogP contribution is 2.33. The fourth-order valence-corrected chi connectivity index (χ4v) is 3.92. The van der Waals surface area contributed by atoms with Crippen LogP contribution in [0.1, 0.15) is 52.9 Å². The number of rotatable bonds is 10. The SMILES string of the molecule is CCCCCCCOC1C(C)=CC(Oc2ccccc2-c2ccccc2)=CC1C. The van der Waals surface area contributed by atoms with Gasteiger partial charge in [-0.1, -0.05) is 88.1 Å². The third-order valence-electron chi connectivity index (χ3n) is 5.47. The van der Waals surface area contributed by atoms with Crippen molar-refractivity contribution in [1.29, 1.82) is 0 Å². The molecule has 0 saturated heterocycles. The Hall–Kier alpha value is -2.32. The van der Waals surface area contributed by atoms with Gasteiger partial charge in [0, 0.05) is 18.1 Å². The van der Waals surface area contributed by atoms with Gasteiger partial charge in [0.05, 0.1) is 6.10 Å². The third kappa shape index (κ3) is 6.08. The van der Waals surface area contributed by atoms with Crippen LogP contribution in [0.25, 0.3) is 11.1 Å². The first kappa shape index (κ1) is 21.4. The minimum Gasteiger partial charge on any atom is -0.457 e. The van der Waals surface area contributed by atoms with Gasteiger partial charge in [0.25, 0.3) is 0 Å². The van der Waals surface area contributed by atoms with E-state index in [4.69, 9.17) is 9.47 Å². The van der Waals surface area contributed by atoms with E-state index >= 15 is 0 Å². The lowest BCUT2D eigenvalue weighted by molar-refractivity contribution is 0.0496. The summed E-state index contributed by atoms with van der Waals surface area (Å²) in [4.78, 5) is 0. The first-order valence-electron chi connectivity index (χ1n) is 11.0. The third-order valence-corrected chi connectivity index (χ3v) is 5.47. The Balaban J connectivity index is 1.63. The monoisotopic (exact) mass is 390 g/mol. The van der Waals surface area contributed by atoms with Crippen LogP contribution in [-0.4, -0.2) is 12.7 Å². The van der Waals surface area contributed by atoms with Crippen molar-refractivity contribution >= 4 is 0 Å². The van der Waals surface area contributed by atoms with Gasteiger partial charge in [-0.05, 0) is 42.7 Å². The number of hydrogen-bond acceptors (Lipinski definition) is 2. The van der Waals surface area contributed by atoms with E-state index < -0.39 is 0 Å². The van der Waals surface area contributed by atoms with E-state index in [2.05, 4.69) is 69.3 Å². The van der Waals surface area contributed by atoms with Crippen molar-refractivity contribution in [3.8, 4) is 16.9 Å². The molecule has 0 aromatic heterocycles. The average Bonchev–Trinajstić information content (AvgIpc) is 2.73. The highest BCUT2D eigenvalue weighted by molar-refractivity contribution is 5.70. The van der Waals surface area contributed by atoms with Gasteiger partial charge in [-0.25, -0.2) is 0 Å². The predicted octanol–water partition coefficient (Wildman–Crippen LogP) is 7.57. The van der Waals surface area contributed by atoms with E-state index in [1.54, 1.807) is 0 Å². The lowest BCUT2D eigenvalue weighted by atomic mass is 9.92. The molecule has 29 heavy (non-hydrogen) atoms. The van der Waals surface area contributed by atoms with Crippen LogP contribution in [0.3, 0.4) is 0 Å². The summed E-state index contributed by atoms with van der Waals surface area (Å²) in [7, 11) is 0. The zero-order chi connectivity index (χ0) is 20.5. The molecule has 0 fully saturated rings. The van der Waals surface area contributed by atoms with Crippen LogP contribution < -0.4 is 4.74 Å². The summed E-state index contributed by atoms with van der Waals surface area (Å²) in [5.74, 6) is 2.09. The number of para-hydroxylation sites is 1. The van der Waals surface area contributed by atoms with E-state index in [-0.39, 0.29) is 6.10 Å². The Morgan fingerprint density at radius 3 is 2.34 bits per heavy atom. The summed E-state index contributed by atoms with van der Waals surface area (Å²) in [5, 5.41) is 0. The maximum atomic E-state index is 6.33. The molecule has 0 N–H and O–H groups in total. The number of unbranched alkanes of at least 4 members (excludes halogenated alkanes) is 4. The van der Waals surface area contributed by atoms with Crippen LogP contribution in [-0.2, 0) is 4.74 Å². The standard InChI is InChI=1S/C27H34O2/c1-4-5-6-7-13-18-28-27-21(2)19-24(20-22(27)3)29-26-17-12-11-16-25(26)23-14-9-8-10-15-23/h8-12,14-17,19-21,27H,4-7,13,18H2,1-3H3. The van der Waals surface area contributed by atoms with Crippen LogP contribution in [0, 0.1) is 5.92 Å². The van der Waals surface area contributed by atoms with E-state index in [0.717, 1.165) is 35.7 Å². The van der Waals surface area contributed by atoms with Crippen LogP contribution >= 0.6 is 0 Å². The van der Waals surface area contributed by atoms with E-state index in [1.165, 1.54) is 31.3 Å². The number of hydrogen-bond donors (Lipinski definition) is 0. The smallest absolute Gasteiger partial charge is 0.135 e. The van der Waals surface area contributed by atoms with Crippen molar-refractivity contribution in [3.63, 3.8) is 0 Å². The van der Waals surface area contributed by atoms with Gasteiger partial charge in [0.1, 0.15) is 11.5 Å². The minimum absolute atomic E-state index is 0.151. The van der Waals surface area contributed by atoms with Gasteiger partial charge in [-0.3, -0.25) is 0 Å². The van der Waals surface area contributed by atoms with E-state index in [1.807, 2.05) is 18.2 Å². The summed E-state index contributed by atoms with van der Waals surface area (Å²) in [5.41, 5.74) is 3.51. The number of benzene rings is 2. The Morgan fingerprint density at radius 2 is 1.59 bits per heavy atom. The molecule has 0 saturated carbocycles. The van der Waals surface area contributed by atoms with Crippen molar-refractivity contribution in [3.05, 3.63) is 78.1 Å². The first-order chi connectivity index (χ1) is 14.2. The molecule has 0 heterocycles. The lowest BCUT2D eigenvalue weighted by Crippen LogP contribution is -2.26. The van der Waals surface area contributed by atoms with Gasteiger partial charge < -0.3 is 9.47 Å². The van der Waals surface area contributed by atoms with Gasteiger partial charge in [-0.2, -0.15) is 0 Å². The zero-order valence-electron chi connectivity index (χ0n) is 18.1. The Labute approximate surface area is 176 Å². The normalized spacial score (nSPS) is 18.9. The van der Waals surface area contributed by atoms with E-state index in [0.29, 0.717) is 5.92 Å². The summed E-state index contributed by atoms with van der Waals surface area (Å²) < 4.78 is 12.5. The fraction of sp³-hybridized carbons (Fsp3) is 0.407. The summed E-state index contributed by atoms with van der Waals surface area (Å²) in [6, 6.07) is 18.6. The summed E-state index contributed by atoms with van der Waals surface area (Å²) >= 11 is 0. The molecule has 2 nitrogen and oxygen atoms in total. The zero-order valence-corrected chi connectivity index (χ0v) is 18.1. The second-order valence-corrected chi connectivity index (χ2v) is 7.99. The van der Waals surface area contributed by atoms with Crippen LogP contribution in [0.5, 0.6) is 5.75 Å². The maximum Gasteiger partial charge on any atom is 0.135 e. The van der Waals surface area contributed by atoms with Gasteiger partial charge in [0.15, 0.2) is 0 Å². The number of ether oxygens (including phenoxy) is 2. The molecule has 154 valence electrons. The highest BCUT2D eigenvalue weighted by Gasteiger charge is 2.23. The quantitative estimate of drug-likeness (QED) is 0.389. The largest absolute Gasteiger partial charge is 0.457 e. The molecule has 1 aliphatic carbocycles. The molecular formula is C27H34O2. The van der Waals surface area contributed by atoms with Crippen molar-refractivity contribution < 1.29 is 9.47 Å². The fourth-order valence-electron chi connectivity index (χ4n) is 3.92. The van der Waals surface area contributed by atoms with Crippen LogP contribution in [0.2, 0.25) is 0 Å². The maximum absolute atomic E-state index is 6.33. The summed E-state index contributed by atoms with van der Waals surface area (Å²) in [6.07, 6.45) is 10.8. The van der Waals surface area contributed by atoms with Crippen LogP contribution in [0.4, 0.5) is 0 Å². The lowest BCUT2D eigenvalue weighted by Gasteiger charge is -2.28. The van der Waals surface area contributed by atoms with E-state index in [9.17, 15) is 0 Å². The molecule has 2 unspecified atom stereocenters. The van der Waals surface area contributed by atoms with Crippen molar-refractivity contribution in [2.45, 2.75) is 59.0 Å².